The third-order valence-electron chi connectivity index (χ3n) is 2.31. The van der Waals surface area contributed by atoms with Gasteiger partial charge in [-0.3, -0.25) is 4.79 Å². The predicted octanol–water partition coefficient (Wildman–Crippen LogP) is 1.06. The highest BCUT2D eigenvalue weighted by Gasteiger charge is 2.27. The molecule has 1 aliphatic rings. The molecule has 0 aliphatic heterocycles. The number of halogens is 1. The molecule has 0 atom stereocenters. The molecule has 2 aromatic heterocycles. The molecule has 0 radical (unpaired) electrons. The van der Waals surface area contributed by atoms with Crippen LogP contribution in [0.3, 0.4) is 0 Å². The van der Waals surface area contributed by atoms with Crippen molar-refractivity contribution in [3.63, 3.8) is 0 Å². The summed E-state index contributed by atoms with van der Waals surface area (Å²) in [5.41, 5.74) is 0.161. The predicted molar refractivity (Wildman–Crippen MR) is 53.3 cm³/mol. The van der Waals surface area contributed by atoms with Crippen molar-refractivity contribution in [2.24, 2.45) is 0 Å². The average molecular weight is 255 g/mol. The van der Waals surface area contributed by atoms with Crippen molar-refractivity contribution in [3.8, 4) is 0 Å². The van der Waals surface area contributed by atoms with Crippen LogP contribution in [-0.4, -0.2) is 19.6 Å². The summed E-state index contributed by atoms with van der Waals surface area (Å²) in [6.07, 6.45) is 3.80. The summed E-state index contributed by atoms with van der Waals surface area (Å²) in [6, 6.07) is 0. The second-order valence-electron chi connectivity index (χ2n) is 3.43. The largest absolute Gasteiger partial charge is 0.306 e. The van der Waals surface area contributed by atoms with E-state index in [2.05, 4.69) is 31.0 Å². The Hall–Kier alpha value is -1.17. The molecule has 14 heavy (non-hydrogen) atoms. The maximum absolute atomic E-state index is 11.5. The number of imidazole rings is 1. The maximum atomic E-state index is 11.5. The Balaban J connectivity index is 2.36. The van der Waals surface area contributed by atoms with Crippen LogP contribution in [0.25, 0.3) is 5.65 Å². The Labute approximate surface area is 87.3 Å². The van der Waals surface area contributed by atoms with Gasteiger partial charge in [-0.05, 0) is 28.8 Å². The van der Waals surface area contributed by atoms with Gasteiger partial charge in [0.05, 0.1) is 6.20 Å². The lowest BCUT2D eigenvalue weighted by atomic mass is 10.4. The monoisotopic (exact) mass is 254 g/mol. The normalized spacial score (nSPS) is 16.4. The average Bonchev–Trinajstić information content (AvgIpc) is 2.93. The molecule has 1 aliphatic carbocycles. The number of H-pyrrole nitrogens is 1. The van der Waals surface area contributed by atoms with E-state index in [1.54, 1.807) is 6.20 Å². The van der Waals surface area contributed by atoms with Crippen molar-refractivity contribution >= 4 is 21.6 Å². The summed E-state index contributed by atoms with van der Waals surface area (Å²) >= 11 is 3.29. The van der Waals surface area contributed by atoms with Gasteiger partial charge in [0.1, 0.15) is 10.4 Å². The highest BCUT2D eigenvalue weighted by molar-refractivity contribution is 9.10. The van der Waals surface area contributed by atoms with Gasteiger partial charge in [0.2, 0.25) is 5.65 Å². The highest BCUT2D eigenvalue weighted by atomic mass is 79.9. The smallest absolute Gasteiger partial charge is 0.294 e. The molecule has 0 unspecified atom stereocenters. The lowest BCUT2D eigenvalue weighted by molar-refractivity contribution is 0.780. The zero-order valence-electron chi connectivity index (χ0n) is 7.20. The first-order chi connectivity index (χ1) is 6.75. The minimum absolute atomic E-state index is 0.174. The number of nitrogens with zero attached hydrogens (tertiary/aromatic N) is 3. The van der Waals surface area contributed by atoms with Crippen LogP contribution in [0.1, 0.15) is 24.6 Å². The van der Waals surface area contributed by atoms with Gasteiger partial charge in [-0.15, -0.1) is 0 Å². The number of aromatic nitrogens is 4. The van der Waals surface area contributed by atoms with E-state index in [-0.39, 0.29) is 5.56 Å². The summed E-state index contributed by atoms with van der Waals surface area (Å²) in [7, 11) is 0. The quantitative estimate of drug-likeness (QED) is 0.828. The van der Waals surface area contributed by atoms with E-state index < -0.39 is 0 Å². The van der Waals surface area contributed by atoms with Crippen LogP contribution in [0.15, 0.2) is 15.6 Å². The van der Waals surface area contributed by atoms with Gasteiger partial charge < -0.3 is 4.98 Å². The summed E-state index contributed by atoms with van der Waals surface area (Å²) in [4.78, 5) is 18.2. The Morgan fingerprint density at radius 1 is 1.57 bits per heavy atom. The van der Waals surface area contributed by atoms with Gasteiger partial charge >= 0.3 is 0 Å². The molecule has 2 heterocycles. The van der Waals surface area contributed by atoms with E-state index in [1.807, 2.05) is 0 Å². The van der Waals surface area contributed by atoms with Gasteiger partial charge in [0, 0.05) is 5.92 Å². The summed E-state index contributed by atoms with van der Waals surface area (Å²) in [6.45, 7) is 0. The summed E-state index contributed by atoms with van der Waals surface area (Å²) < 4.78 is 2.24. The standard InChI is InChI=1S/C8H7BrN4O/c9-5-3-10-7-8(14)11-6(4-1-2-4)12-13(5)7/h3-4H,1-2H2,(H,11,12,14). The van der Waals surface area contributed by atoms with Crippen LogP contribution in [0.4, 0.5) is 0 Å². The van der Waals surface area contributed by atoms with Gasteiger partial charge in [-0.1, -0.05) is 0 Å². The van der Waals surface area contributed by atoms with Crippen LogP contribution in [0, 0.1) is 0 Å². The van der Waals surface area contributed by atoms with Crippen molar-refractivity contribution in [1.29, 1.82) is 0 Å². The summed E-state index contributed by atoms with van der Waals surface area (Å²) in [5.74, 6) is 1.20. The van der Waals surface area contributed by atoms with Crippen LogP contribution < -0.4 is 5.56 Å². The van der Waals surface area contributed by atoms with Gasteiger partial charge in [0.15, 0.2) is 0 Å². The number of fused-ring (bicyclic) bond motifs is 1. The zero-order chi connectivity index (χ0) is 9.71. The van der Waals surface area contributed by atoms with Crippen LogP contribution in [0.2, 0.25) is 0 Å². The minimum Gasteiger partial charge on any atom is -0.306 e. The molecule has 2 aromatic rings. The number of rotatable bonds is 1. The maximum Gasteiger partial charge on any atom is 0.294 e. The van der Waals surface area contributed by atoms with Crippen molar-refractivity contribution in [3.05, 3.63) is 27.0 Å². The van der Waals surface area contributed by atoms with E-state index in [4.69, 9.17) is 0 Å². The molecular formula is C8H7BrN4O. The van der Waals surface area contributed by atoms with Crippen LogP contribution in [-0.2, 0) is 0 Å². The van der Waals surface area contributed by atoms with Crippen molar-refractivity contribution < 1.29 is 0 Å². The first-order valence-corrected chi connectivity index (χ1v) is 5.18. The van der Waals surface area contributed by atoms with E-state index >= 15 is 0 Å². The third kappa shape index (κ3) is 1.10. The molecular weight excluding hydrogens is 248 g/mol. The Morgan fingerprint density at radius 3 is 3.07 bits per heavy atom. The number of hydrogen-bond acceptors (Lipinski definition) is 3. The second kappa shape index (κ2) is 2.66. The molecule has 0 aromatic carbocycles. The minimum atomic E-state index is -0.174. The molecule has 3 rings (SSSR count). The van der Waals surface area contributed by atoms with Crippen molar-refractivity contribution in [1.82, 2.24) is 19.6 Å². The first-order valence-electron chi connectivity index (χ1n) is 4.39. The molecule has 0 amide bonds. The molecule has 1 saturated carbocycles. The number of aromatic amines is 1. The molecule has 72 valence electrons. The Bertz CT molecular complexity index is 554. The Morgan fingerprint density at radius 2 is 2.36 bits per heavy atom. The molecule has 1 fully saturated rings. The second-order valence-corrected chi connectivity index (χ2v) is 4.24. The van der Waals surface area contributed by atoms with Gasteiger partial charge in [-0.2, -0.15) is 9.61 Å². The van der Waals surface area contributed by atoms with E-state index in [1.165, 1.54) is 4.52 Å². The summed E-state index contributed by atoms with van der Waals surface area (Å²) in [5, 5.41) is 4.31. The fourth-order valence-corrected chi connectivity index (χ4v) is 1.77. The molecule has 5 nitrogen and oxygen atoms in total. The molecule has 0 saturated heterocycles. The van der Waals surface area contributed by atoms with E-state index in [9.17, 15) is 4.79 Å². The lowest BCUT2D eigenvalue weighted by Crippen LogP contribution is -2.16. The lowest BCUT2D eigenvalue weighted by Gasteiger charge is -1.98. The third-order valence-corrected chi connectivity index (χ3v) is 2.85. The molecule has 1 N–H and O–H groups in total. The van der Waals surface area contributed by atoms with Gasteiger partial charge in [0.25, 0.3) is 5.56 Å². The van der Waals surface area contributed by atoms with Gasteiger partial charge in [-0.25, -0.2) is 4.98 Å². The molecule has 0 bridgehead atoms. The fraction of sp³-hybridized carbons (Fsp3) is 0.375. The van der Waals surface area contributed by atoms with Crippen LogP contribution in [0.5, 0.6) is 0 Å². The Kier molecular flexibility index (Phi) is 1.55. The SMILES string of the molecule is O=c1[nH]c(C2CC2)nn2c(Br)cnc12. The van der Waals surface area contributed by atoms with E-state index in [0.29, 0.717) is 16.2 Å². The zero-order valence-corrected chi connectivity index (χ0v) is 8.78. The van der Waals surface area contributed by atoms with Crippen molar-refractivity contribution in [2.75, 3.05) is 0 Å². The topological polar surface area (TPSA) is 63.0 Å². The number of nitrogens with one attached hydrogen (secondary N) is 1. The fourth-order valence-electron chi connectivity index (χ4n) is 1.42. The first kappa shape index (κ1) is 8.16. The highest BCUT2D eigenvalue weighted by Crippen LogP contribution is 2.37. The van der Waals surface area contributed by atoms with E-state index in [0.717, 1.165) is 18.7 Å². The molecule has 6 heteroatoms. The van der Waals surface area contributed by atoms with Crippen LogP contribution >= 0.6 is 15.9 Å². The molecule has 0 spiro atoms. The van der Waals surface area contributed by atoms with Crippen molar-refractivity contribution in [2.45, 2.75) is 18.8 Å². The number of hydrogen-bond donors (Lipinski definition) is 1.